The van der Waals surface area contributed by atoms with Crippen LogP contribution in [0.15, 0.2) is 65.6 Å². The summed E-state index contributed by atoms with van der Waals surface area (Å²) in [5.41, 5.74) is 3.45. The molecule has 0 amide bonds. The largest absolute Gasteiger partial charge is 0.312 e. The van der Waals surface area contributed by atoms with E-state index in [0.717, 1.165) is 21.8 Å². The molecule has 1 nitrogen and oxygen atoms in total. The number of allylic oxidation sites excluding steroid dienone is 13. The Hall–Kier alpha value is -1.09. The van der Waals surface area contributed by atoms with Crippen LogP contribution in [0.25, 0.3) is 11.1 Å². The minimum Gasteiger partial charge on any atom is -0.312 e. The van der Waals surface area contributed by atoms with Crippen LogP contribution >= 0.6 is 11.3 Å². The zero-order valence-corrected chi connectivity index (χ0v) is 20.9. The summed E-state index contributed by atoms with van der Waals surface area (Å²) >= 11 is 1.60. The van der Waals surface area contributed by atoms with Gasteiger partial charge >= 0.3 is 0 Å². The van der Waals surface area contributed by atoms with E-state index in [9.17, 15) is 0 Å². The van der Waals surface area contributed by atoms with Crippen LogP contribution in [-0.4, -0.2) is 4.98 Å². The topological polar surface area (TPSA) is 12.9 Å². The van der Waals surface area contributed by atoms with Gasteiger partial charge < -0.3 is 4.98 Å². The first kappa shape index (κ1) is 25.9. The molecule has 0 N–H and O–H groups in total. The molecule has 0 unspecified atom stereocenters. The van der Waals surface area contributed by atoms with Crippen molar-refractivity contribution in [1.29, 1.82) is 0 Å². The van der Waals surface area contributed by atoms with Crippen molar-refractivity contribution in [3.05, 3.63) is 89.0 Å². The molecule has 1 aromatic rings. The Bertz CT molecular complexity index is 783. The SMILES string of the molecule is CC.[CH-]=C(C(=[C-]/C=C\C)/C=C\C)c1csc(C2=CC=CC(C)(C)C=C2)n1.[Y]. The molecule has 3 heteroatoms. The van der Waals surface area contributed by atoms with E-state index in [1.807, 2.05) is 57.4 Å². The summed E-state index contributed by atoms with van der Waals surface area (Å²) in [5, 5.41) is 2.97. The summed E-state index contributed by atoms with van der Waals surface area (Å²) in [4.78, 5) is 4.72. The van der Waals surface area contributed by atoms with Crippen molar-refractivity contribution >= 4 is 22.5 Å². The number of rotatable bonds is 5. The molecule has 0 saturated carbocycles. The number of aromatic nitrogens is 1. The molecule has 0 aliphatic heterocycles. The normalized spacial score (nSPS) is 15.8. The molecule has 141 valence electrons. The Labute approximate surface area is 195 Å². The molecule has 1 aromatic heterocycles. The third-order valence-corrected chi connectivity index (χ3v) is 4.44. The Morgan fingerprint density at radius 1 is 1.19 bits per heavy atom. The number of hydrogen-bond donors (Lipinski definition) is 0. The minimum atomic E-state index is 0. The quantitative estimate of drug-likeness (QED) is 0.335. The molecule has 0 spiro atoms. The summed E-state index contributed by atoms with van der Waals surface area (Å²) in [7, 11) is 0. The fraction of sp³-hybridized carbons (Fsp3) is 0.292. The van der Waals surface area contributed by atoms with Gasteiger partial charge in [0.05, 0.1) is 0 Å². The van der Waals surface area contributed by atoms with E-state index in [1.165, 1.54) is 0 Å². The molecule has 0 fully saturated rings. The van der Waals surface area contributed by atoms with Crippen molar-refractivity contribution in [2.45, 2.75) is 41.5 Å². The number of nitrogens with zero attached hydrogens (tertiary/aromatic N) is 1. The summed E-state index contributed by atoms with van der Waals surface area (Å²) in [6, 6.07) is 0. The Morgan fingerprint density at radius 3 is 2.52 bits per heavy atom. The maximum atomic E-state index is 6.31. The number of hydrogen-bond acceptors (Lipinski definition) is 2. The van der Waals surface area contributed by atoms with Crippen LogP contribution in [0.4, 0.5) is 0 Å². The second-order valence-corrected chi connectivity index (χ2v) is 7.00. The smallest absolute Gasteiger partial charge is 0.108 e. The first-order valence-electron chi connectivity index (χ1n) is 9.02. The molecule has 0 aromatic carbocycles. The minimum absolute atomic E-state index is 0. The molecule has 27 heavy (non-hydrogen) atoms. The van der Waals surface area contributed by atoms with Crippen LogP contribution in [0.5, 0.6) is 0 Å². The van der Waals surface area contributed by atoms with Crippen LogP contribution in [0, 0.1) is 18.1 Å². The molecule has 0 saturated heterocycles. The van der Waals surface area contributed by atoms with Crippen LogP contribution in [-0.2, 0) is 32.7 Å². The third-order valence-electron chi connectivity index (χ3n) is 3.55. The van der Waals surface area contributed by atoms with Crippen molar-refractivity contribution in [3.8, 4) is 0 Å². The molecular weight excluding hydrogens is 423 g/mol. The van der Waals surface area contributed by atoms with E-state index in [0.29, 0.717) is 5.57 Å². The molecular formula is C24H29NSY-2. The van der Waals surface area contributed by atoms with E-state index in [-0.39, 0.29) is 38.1 Å². The first-order valence-corrected chi connectivity index (χ1v) is 9.90. The van der Waals surface area contributed by atoms with Crippen LogP contribution in [0.2, 0.25) is 0 Å². The molecule has 1 heterocycles. The maximum absolute atomic E-state index is 6.31. The summed E-state index contributed by atoms with van der Waals surface area (Å²) in [6.45, 7) is 18.6. The zero-order valence-electron chi connectivity index (χ0n) is 17.3. The Balaban J connectivity index is 0.00000218. The van der Waals surface area contributed by atoms with Gasteiger partial charge in [0.25, 0.3) is 0 Å². The second-order valence-electron chi connectivity index (χ2n) is 6.15. The van der Waals surface area contributed by atoms with Gasteiger partial charge in [-0.1, -0.05) is 77.6 Å². The van der Waals surface area contributed by atoms with Crippen molar-refractivity contribution in [3.63, 3.8) is 0 Å². The molecule has 0 bridgehead atoms. The maximum Gasteiger partial charge on any atom is 0.108 e. The average Bonchev–Trinajstić information content (AvgIpc) is 3.05. The Morgan fingerprint density at radius 2 is 1.89 bits per heavy atom. The van der Waals surface area contributed by atoms with E-state index in [4.69, 9.17) is 11.6 Å². The standard InChI is InChI=1S/C22H23NS.C2H6.Y/c1-6-8-11-18(10-7-2)17(3)20-16-24-21(23-20)19-12-9-14-22(4,5)15-13-19;1-2;/h3,6-10,12-16H,1-2,4-5H3;1-2H3;/q-2;;/b8-6-,10-7-;;. The van der Waals surface area contributed by atoms with Crippen molar-refractivity contribution in [2.24, 2.45) is 5.41 Å². The molecule has 1 aliphatic rings. The zero-order chi connectivity index (χ0) is 19.6. The third kappa shape index (κ3) is 8.21. The summed E-state index contributed by atoms with van der Waals surface area (Å²) < 4.78 is 0. The van der Waals surface area contributed by atoms with Crippen LogP contribution in [0.1, 0.15) is 52.2 Å². The Kier molecular flexibility index (Phi) is 12.6. The van der Waals surface area contributed by atoms with E-state index in [1.54, 1.807) is 11.3 Å². The molecule has 0 atom stereocenters. The predicted molar refractivity (Wildman–Crippen MR) is 118 cm³/mol. The average molecular weight is 452 g/mol. The van der Waals surface area contributed by atoms with Gasteiger partial charge in [0.2, 0.25) is 0 Å². The molecule has 2 rings (SSSR count). The first-order chi connectivity index (χ1) is 12.5. The molecule has 1 radical (unpaired) electrons. The van der Waals surface area contributed by atoms with E-state index < -0.39 is 0 Å². The molecule has 1 aliphatic carbocycles. The van der Waals surface area contributed by atoms with Gasteiger partial charge in [-0.05, 0) is 5.38 Å². The van der Waals surface area contributed by atoms with Gasteiger partial charge in [0.15, 0.2) is 0 Å². The number of thiazole rings is 1. The van der Waals surface area contributed by atoms with Gasteiger partial charge in [-0.15, -0.1) is 17.4 Å². The summed E-state index contributed by atoms with van der Waals surface area (Å²) in [5.74, 6) is 0. The predicted octanol–water partition coefficient (Wildman–Crippen LogP) is 7.40. The summed E-state index contributed by atoms with van der Waals surface area (Å²) in [6.07, 6.45) is 21.6. The van der Waals surface area contributed by atoms with E-state index >= 15 is 0 Å². The second kappa shape index (κ2) is 13.2. The van der Waals surface area contributed by atoms with Gasteiger partial charge in [-0.2, -0.15) is 18.2 Å². The monoisotopic (exact) mass is 452 g/mol. The fourth-order valence-electron chi connectivity index (χ4n) is 2.18. The van der Waals surface area contributed by atoms with E-state index in [2.05, 4.69) is 50.3 Å². The van der Waals surface area contributed by atoms with Crippen molar-refractivity contribution < 1.29 is 32.7 Å². The fourth-order valence-corrected chi connectivity index (χ4v) is 3.01. The van der Waals surface area contributed by atoms with Gasteiger partial charge in [0, 0.05) is 43.7 Å². The van der Waals surface area contributed by atoms with Gasteiger partial charge in [0.1, 0.15) is 5.01 Å². The van der Waals surface area contributed by atoms with Gasteiger partial charge in [-0.25, -0.2) is 6.08 Å². The van der Waals surface area contributed by atoms with Crippen LogP contribution in [0.3, 0.4) is 0 Å². The van der Waals surface area contributed by atoms with Crippen molar-refractivity contribution in [2.75, 3.05) is 0 Å². The van der Waals surface area contributed by atoms with Crippen molar-refractivity contribution in [1.82, 2.24) is 4.98 Å². The van der Waals surface area contributed by atoms with Crippen LogP contribution < -0.4 is 0 Å². The van der Waals surface area contributed by atoms with Gasteiger partial charge in [-0.3, -0.25) is 17.7 Å².